The quantitative estimate of drug-likeness (QED) is 0.135. The summed E-state index contributed by atoms with van der Waals surface area (Å²) in [6.07, 6.45) is 1.60. The van der Waals surface area contributed by atoms with Crippen LogP contribution in [0.4, 0.5) is 21.1 Å². The van der Waals surface area contributed by atoms with Gasteiger partial charge in [-0.1, -0.05) is 54.1 Å². The Hall–Kier alpha value is -5.42. The first-order valence-corrected chi connectivity index (χ1v) is 17.0. The Labute approximate surface area is 301 Å². The molecule has 3 aromatic carbocycles. The highest BCUT2D eigenvalue weighted by Gasteiger charge is 2.56. The molecule has 51 heavy (non-hydrogen) atoms. The average Bonchev–Trinajstić information content (AvgIpc) is 3.53. The standard InChI is InChI=1S/C39H39ClN4O7/c1-39(2,3)51-38(48)43(23-25-10-13-30(49-4)14-11-25)33-21-27(16-18-41-33)20-31-34(36(46)50-24-26-8-6-5-7-9-26)44(35(31)45)37(47)42-19-17-28-22-29(40)12-15-32(28)42/h5-16,18,21-22,31,34H,17,19-20,23-24H2,1-4H3/t31-,34+/m1/s1. The highest BCUT2D eigenvalue weighted by atomic mass is 35.5. The molecular formula is C39H39ClN4O7. The van der Waals surface area contributed by atoms with Gasteiger partial charge in [-0.15, -0.1) is 0 Å². The maximum atomic E-state index is 13.9. The molecular weight excluding hydrogens is 672 g/mol. The first kappa shape index (κ1) is 35.4. The van der Waals surface area contributed by atoms with Crippen LogP contribution in [0.25, 0.3) is 0 Å². The van der Waals surface area contributed by atoms with E-state index in [0.29, 0.717) is 40.8 Å². The minimum absolute atomic E-state index is 0.0141. The third-order valence-electron chi connectivity index (χ3n) is 8.71. The molecule has 0 unspecified atom stereocenters. The number of fused-ring (bicyclic) bond motifs is 1. The second kappa shape index (κ2) is 14.8. The molecule has 11 nitrogen and oxygen atoms in total. The van der Waals surface area contributed by atoms with Gasteiger partial charge in [-0.25, -0.2) is 24.3 Å². The number of imide groups is 1. The molecule has 12 heteroatoms. The third-order valence-corrected chi connectivity index (χ3v) is 8.94. The van der Waals surface area contributed by atoms with E-state index in [-0.39, 0.29) is 19.6 Å². The maximum Gasteiger partial charge on any atom is 0.416 e. The topological polar surface area (TPSA) is 119 Å². The fourth-order valence-corrected chi connectivity index (χ4v) is 6.40. The number of hydrogen-bond acceptors (Lipinski definition) is 8. The predicted molar refractivity (Wildman–Crippen MR) is 192 cm³/mol. The van der Waals surface area contributed by atoms with Crippen LogP contribution in [-0.4, -0.2) is 59.2 Å². The van der Waals surface area contributed by atoms with Crippen LogP contribution in [0, 0.1) is 5.92 Å². The van der Waals surface area contributed by atoms with Gasteiger partial charge in [-0.3, -0.25) is 14.6 Å². The summed E-state index contributed by atoms with van der Waals surface area (Å²) >= 11 is 6.18. The summed E-state index contributed by atoms with van der Waals surface area (Å²) in [5, 5.41) is 0.552. The number of amides is 4. The second-order valence-electron chi connectivity index (χ2n) is 13.5. The summed E-state index contributed by atoms with van der Waals surface area (Å²) in [6, 6.07) is 23.4. The molecule has 0 radical (unpaired) electrons. The lowest BCUT2D eigenvalue weighted by Gasteiger charge is -2.45. The number of aromatic nitrogens is 1. The first-order valence-electron chi connectivity index (χ1n) is 16.6. The van der Waals surface area contributed by atoms with Crippen LogP contribution in [0.2, 0.25) is 5.02 Å². The number of methoxy groups -OCH3 is 1. The summed E-state index contributed by atoms with van der Waals surface area (Å²) < 4.78 is 16.7. The molecule has 0 saturated carbocycles. The van der Waals surface area contributed by atoms with Gasteiger partial charge in [0.25, 0.3) is 0 Å². The number of pyridine rings is 1. The number of ether oxygens (including phenoxy) is 3. The summed E-state index contributed by atoms with van der Waals surface area (Å²) in [7, 11) is 1.58. The number of likely N-dealkylation sites (tertiary alicyclic amines) is 1. The zero-order valence-corrected chi connectivity index (χ0v) is 29.6. The van der Waals surface area contributed by atoms with Gasteiger partial charge in [-0.2, -0.15) is 0 Å². The van der Waals surface area contributed by atoms with E-state index in [4.69, 9.17) is 25.8 Å². The van der Waals surface area contributed by atoms with E-state index in [0.717, 1.165) is 21.6 Å². The van der Waals surface area contributed by atoms with Crippen molar-refractivity contribution in [2.24, 2.45) is 5.92 Å². The van der Waals surface area contributed by atoms with Gasteiger partial charge in [0.15, 0.2) is 6.04 Å². The van der Waals surface area contributed by atoms with Crippen molar-refractivity contribution >= 4 is 47.1 Å². The zero-order chi connectivity index (χ0) is 36.3. The molecule has 0 spiro atoms. The van der Waals surface area contributed by atoms with E-state index in [2.05, 4.69) is 4.98 Å². The monoisotopic (exact) mass is 710 g/mol. The van der Waals surface area contributed by atoms with Crippen LogP contribution in [0.5, 0.6) is 5.75 Å². The lowest BCUT2D eigenvalue weighted by atomic mass is 9.82. The predicted octanol–water partition coefficient (Wildman–Crippen LogP) is 6.98. The number of esters is 1. The minimum Gasteiger partial charge on any atom is -0.497 e. The SMILES string of the molecule is COc1ccc(CN(C(=O)OC(C)(C)C)c2cc(C[C@H]3C(=O)N(C(=O)N4CCc5cc(Cl)ccc54)[C@@H]3C(=O)OCc3ccccc3)ccn2)cc1. The van der Waals surface area contributed by atoms with Gasteiger partial charge in [0.05, 0.1) is 19.6 Å². The van der Waals surface area contributed by atoms with Gasteiger partial charge in [0, 0.05) is 23.5 Å². The Kier molecular flexibility index (Phi) is 10.3. The molecule has 1 saturated heterocycles. The summed E-state index contributed by atoms with van der Waals surface area (Å²) in [4.78, 5) is 63.4. The number of halogens is 1. The van der Waals surface area contributed by atoms with Crippen molar-refractivity contribution in [3.05, 3.63) is 118 Å². The van der Waals surface area contributed by atoms with Crippen LogP contribution in [0.15, 0.2) is 91.1 Å². The van der Waals surface area contributed by atoms with Crippen LogP contribution in [0.3, 0.4) is 0 Å². The fourth-order valence-electron chi connectivity index (χ4n) is 6.20. The molecule has 1 aromatic heterocycles. The van der Waals surface area contributed by atoms with Crippen LogP contribution in [-0.2, 0) is 45.1 Å². The smallest absolute Gasteiger partial charge is 0.416 e. The number of benzene rings is 3. The number of nitrogens with zero attached hydrogens (tertiary/aromatic N) is 4. The van der Waals surface area contributed by atoms with Crippen molar-refractivity contribution in [2.45, 2.75) is 58.4 Å². The van der Waals surface area contributed by atoms with Crippen molar-refractivity contribution in [1.82, 2.24) is 9.88 Å². The Morgan fingerprint density at radius 2 is 1.69 bits per heavy atom. The van der Waals surface area contributed by atoms with Gasteiger partial charge >= 0.3 is 18.1 Å². The van der Waals surface area contributed by atoms with Crippen molar-refractivity contribution in [3.8, 4) is 5.75 Å². The summed E-state index contributed by atoms with van der Waals surface area (Å²) in [5.41, 5.74) is 2.98. The average molecular weight is 711 g/mol. The minimum atomic E-state index is -1.16. The molecule has 2 atom stereocenters. The Morgan fingerprint density at radius 3 is 2.39 bits per heavy atom. The molecule has 2 aliphatic rings. The van der Waals surface area contributed by atoms with Crippen molar-refractivity contribution in [1.29, 1.82) is 0 Å². The van der Waals surface area contributed by atoms with E-state index >= 15 is 0 Å². The maximum absolute atomic E-state index is 13.9. The van der Waals surface area contributed by atoms with Crippen LogP contribution >= 0.6 is 11.6 Å². The van der Waals surface area contributed by atoms with E-state index in [1.165, 1.54) is 16.0 Å². The molecule has 0 aliphatic carbocycles. The number of carbonyl (C=O) groups is 4. The van der Waals surface area contributed by atoms with Crippen molar-refractivity contribution < 1.29 is 33.4 Å². The number of anilines is 2. The Morgan fingerprint density at radius 1 is 0.941 bits per heavy atom. The number of urea groups is 1. The number of carbonyl (C=O) groups excluding carboxylic acids is 4. The lowest BCUT2D eigenvalue weighted by molar-refractivity contribution is -0.170. The van der Waals surface area contributed by atoms with Gasteiger partial charge in [-0.05, 0) is 98.3 Å². The highest BCUT2D eigenvalue weighted by Crippen LogP contribution is 2.37. The second-order valence-corrected chi connectivity index (χ2v) is 13.9. The normalized spacial score (nSPS) is 16.6. The van der Waals surface area contributed by atoms with E-state index in [9.17, 15) is 19.2 Å². The Bertz CT molecular complexity index is 1930. The number of hydrogen-bond donors (Lipinski definition) is 0. The van der Waals surface area contributed by atoms with Crippen LogP contribution < -0.4 is 14.5 Å². The molecule has 264 valence electrons. The fraction of sp³-hybridized carbons (Fsp3) is 0.308. The zero-order valence-electron chi connectivity index (χ0n) is 28.9. The van der Waals surface area contributed by atoms with E-state index in [1.807, 2.05) is 42.5 Å². The third kappa shape index (κ3) is 7.99. The molecule has 4 amide bonds. The molecule has 0 N–H and O–H groups in total. The molecule has 1 fully saturated rings. The molecule has 6 rings (SSSR count). The van der Waals surface area contributed by atoms with Gasteiger partial charge in [0.1, 0.15) is 23.8 Å². The van der Waals surface area contributed by atoms with Gasteiger partial charge in [0.2, 0.25) is 5.91 Å². The van der Waals surface area contributed by atoms with Crippen molar-refractivity contribution in [3.63, 3.8) is 0 Å². The molecule has 2 aliphatic heterocycles. The summed E-state index contributed by atoms with van der Waals surface area (Å²) in [6.45, 7) is 5.82. The highest BCUT2D eigenvalue weighted by molar-refractivity contribution is 6.30. The van der Waals surface area contributed by atoms with E-state index < -0.39 is 41.6 Å². The first-order chi connectivity index (χ1) is 24.4. The summed E-state index contributed by atoms with van der Waals surface area (Å²) in [5.74, 6) is -1.10. The molecule has 3 heterocycles. The molecule has 0 bridgehead atoms. The number of β-lactam (4-membered cyclic amide) rings is 1. The Balaban J connectivity index is 1.26. The van der Waals surface area contributed by atoms with Crippen LogP contribution in [0.1, 0.15) is 43.0 Å². The van der Waals surface area contributed by atoms with Crippen molar-refractivity contribution in [2.75, 3.05) is 23.5 Å². The van der Waals surface area contributed by atoms with Gasteiger partial charge < -0.3 is 14.2 Å². The van der Waals surface area contributed by atoms with E-state index in [1.54, 1.807) is 70.3 Å². The molecule has 4 aromatic rings. The largest absolute Gasteiger partial charge is 0.497 e. The lowest BCUT2D eigenvalue weighted by Crippen LogP contribution is -2.69. The number of rotatable bonds is 9.